The molecule has 7 nitrogen and oxygen atoms in total. The van der Waals surface area contributed by atoms with Crippen molar-refractivity contribution in [2.45, 2.75) is 84.0 Å². The molecule has 1 atom stereocenters. The number of ether oxygens (including phenoxy) is 2. The number of benzene rings is 2. The minimum absolute atomic E-state index is 0.0251. The van der Waals surface area contributed by atoms with Gasteiger partial charge in [-0.05, 0) is 112 Å². The summed E-state index contributed by atoms with van der Waals surface area (Å²) >= 11 is 1.51. The van der Waals surface area contributed by atoms with Crippen LogP contribution in [-0.2, 0) is 39.3 Å². The predicted octanol–water partition coefficient (Wildman–Crippen LogP) is 10.1. The summed E-state index contributed by atoms with van der Waals surface area (Å²) in [7, 11) is 0. The van der Waals surface area contributed by atoms with Gasteiger partial charge in [0.05, 0.1) is 42.8 Å². The monoisotopic (exact) mass is 812 g/mol. The van der Waals surface area contributed by atoms with E-state index in [1.165, 1.54) is 35.9 Å². The maximum absolute atomic E-state index is 14.1. The fraction of sp³-hybridized carbons (Fsp3) is 0.579. The van der Waals surface area contributed by atoms with Gasteiger partial charge in [-0.15, -0.1) is 0 Å². The van der Waals surface area contributed by atoms with Crippen molar-refractivity contribution in [1.29, 1.82) is 0 Å². The van der Waals surface area contributed by atoms with Gasteiger partial charge in [0.1, 0.15) is 0 Å². The maximum Gasteiger partial charge on any atom is 0.416 e. The van der Waals surface area contributed by atoms with Crippen molar-refractivity contribution in [3.8, 4) is 0 Å². The Morgan fingerprint density at radius 3 is 2.04 bits per heavy atom. The summed E-state index contributed by atoms with van der Waals surface area (Å²) in [6.07, 6.45) is -7.28. The molecule has 1 unspecified atom stereocenters. The van der Waals surface area contributed by atoms with Crippen molar-refractivity contribution in [3.05, 3.63) is 76.2 Å². The van der Waals surface area contributed by atoms with Gasteiger partial charge in [-0.3, -0.25) is 14.7 Å². The Kier molecular flexibility index (Phi) is 17.1. The van der Waals surface area contributed by atoms with Crippen molar-refractivity contribution >= 4 is 29.6 Å². The van der Waals surface area contributed by atoms with Gasteiger partial charge >= 0.3 is 24.5 Å². The summed E-state index contributed by atoms with van der Waals surface area (Å²) in [4.78, 5) is 19.7. The Bertz CT molecular complexity index is 1560. The van der Waals surface area contributed by atoms with Gasteiger partial charge in [0.2, 0.25) is 0 Å². The van der Waals surface area contributed by atoms with E-state index in [1.54, 1.807) is 6.92 Å². The van der Waals surface area contributed by atoms with Crippen molar-refractivity contribution < 1.29 is 53.8 Å². The first kappa shape index (κ1) is 45.8. The zero-order valence-electron chi connectivity index (χ0n) is 31.3. The predicted molar refractivity (Wildman–Crippen MR) is 196 cm³/mol. The lowest BCUT2D eigenvalue weighted by molar-refractivity contribution is -0.145. The molecule has 1 aliphatic rings. The van der Waals surface area contributed by atoms with Crippen molar-refractivity contribution in [3.63, 3.8) is 0 Å². The van der Waals surface area contributed by atoms with Crippen LogP contribution in [0.25, 0.3) is 0 Å². The second kappa shape index (κ2) is 20.5. The molecule has 3 rings (SSSR count). The first-order chi connectivity index (χ1) is 25.8. The zero-order chi connectivity index (χ0) is 41.0. The summed E-state index contributed by atoms with van der Waals surface area (Å²) in [5.74, 6) is 0.839. The Hall–Kier alpha value is -3.60. The highest BCUT2D eigenvalue weighted by Gasteiger charge is 2.38. The molecule has 2 N–H and O–H groups in total. The van der Waals surface area contributed by atoms with E-state index in [9.17, 15) is 44.3 Å². The third kappa shape index (κ3) is 14.1. The molecule has 17 heteroatoms. The van der Waals surface area contributed by atoms with E-state index in [-0.39, 0.29) is 60.6 Å². The summed E-state index contributed by atoms with van der Waals surface area (Å²) < 4.78 is 136. The van der Waals surface area contributed by atoms with Crippen LogP contribution in [0.1, 0.15) is 86.7 Å². The van der Waals surface area contributed by atoms with Gasteiger partial charge in [0.25, 0.3) is 0 Å². The van der Waals surface area contributed by atoms with Crippen LogP contribution >= 0.6 is 11.8 Å². The van der Waals surface area contributed by atoms with Crippen LogP contribution in [0.5, 0.6) is 0 Å². The number of halogens is 9. The van der Waals surface area contributed by atoms with Gasteiger partial charge in [-0.25, -0.2) is 0 Å². The number of hydrogen-bond acceptors (Lipinski definition) is 8. The molecule has 2 aromatic carbocycles. The number of nitrogens with two attached hydrogens (primary N) is 1. The molecule has 308 valence electrons. The number of alkyl halides is 9. The molecule has 0 heterocycles. The second-order valence-corrected chi connectivity index (χ2v) is 14.4. The third-order valence-corrected chi connectivity index (χ3v) is 10.1. The van der Waals surface area contributed by atoms with Crippen LogP contribution in [0.3, 0.4) is 0 Å². The van der Waals surface area contributed by atoms with Crippen molar-refractivity contribution in [2.75, 3.05) is 49.9 Å². The van der Waals surface area contributed by atoms with E-state index in [0.29, 0.717) is 49.7 Å². The largest absolute Gasteiger partial charge is 0.490 e. The molecule has 0 amide bonds. The highest BCUT2D eigenvalue weighted by atomic mass is 32.2. The van der Waals surface area contributed by atoms with Gasteiger partial charge in [-0.1, -0.05) is 0 Å². The highest BCUT2D eigenvalue weighted by Crippen LogP contribution is 2.40. The molecular formula is C38H49F9N4O3S. The Balaban J connectivity index is 2.05. The van der Waals surface area contributed by atoms with E-state index < -0.39 is 41.3 Å². The van der Waals surface area contributed by atoms with Crippen LogP contribution < -0.4 is 10.6 Å². The average Bonchev–Trinajstić information content (AvgIpc) is 3.12. The summed E-state index contributed by atoms with van der Waals surface area (Å²) in [6, 6.07) is 3.31. The van der Waals surface area contributed by atoms with Crippen LogP contribution in [0.2, 0.25) is 0 Å². The highest BCUT2D eigenvalue weighted by molar-refractivity contribution is 7.98. The number of nitrogens with zero attached hydrogens (tertiary/aromatic N) is 3. The molecule has 0 spiro atoms. The molecule has 0 radical (unpaired) electrons. The molecule has 0 bridgehead atoms. The first-order valence-corrected chi connectivity index (χ1v) is 19.4. The quantitative estimate of drug-likeness (QED) is 0.0528. The van der Waals surface area contributed by atoms with Crippen molar-refractivity contribution in [2.24, 2.45) is 22.6 Å². The fourth-order valence-corrected chi connectivity index (χ4v) is 6.80. The van der Waals surface area contributed by atoms with Gasteiger partial charge in [-0.2, -0.15) is 51.3 Å². The van der Waals surface area contributed by atoms with E-state index in [0.717, 1.165) is 44.0 Å². The SMILES string of the molecule is CCOC(=O)CC1CCC(CN(CC)c2ccc(C(F)(F)F)cc2CN(CN=C/C(=C\N)OCCSC)C(C)c2cc(C(F)(F)F)cc(C(F)(F)F)c2)CC1. The molecule has 0 saturated heterocycles. The van der Waals surface area contributed by atoms with E-state index in [4.69, 9.17) is 15.2 Å². The van der Waals surface area contributed by atoms with Gasteiger partial charge in [0.15, 0.2) is 5.76 Å². The molecule has 0 aliphatic heterocycles. The third-order valence-electron chi connectivity index (χ3n) is 9.55. The molecule has 55 heavy (non-hydrogen) atoms. The molecular weight excluding hydrogens is 763 g/mol. The average molecular weight is 813 g/mol. The minimum Gasteiger partial charge on any atom is -0.490 e. The first-order valence-electron chi connectivity index (χ1n) is 18.0. The number of rotatable bonds is 18. The Morgan fingerprint density at radius 2 is 1.51 bits per heavy atom. The standard InChI is InChI=1S/C38H49F9N4O3S/c1-5-50(22-27-9-7-26(8-10-27)15-35(52)53-6-2)34-12-11-30(36(39,40)41)18-29(34)23-51(24-49-21-33(20-48)54-13-14-55-4)25(3)28-16-31(37(42,43)44)19-32(17-28)38(45,46)47/h11-12,16-21,25-27H,5-10,13-15,22-24,48H2,1-4H3/b33-20+,49-21?. The summed E-state index contributed by atoms with van der Waals surface area (Å²) in [5, 5.41) is 0. The molecule has 1 saturated carbocycles. The fourth-order valence-electron chi connectivity index (χ4n) is 6.55. The number of esters is 1. The van der Waals surface area contributed by atoms with E-state index in [2.05, 4.69) is 4.99 Å². The van der Waals surface area contributed by atoms with Crippen LogP contribution in [-0.4, -0.2) is 62.1 Å². The number of thioether (sulfide) groups is 1. The van der Waals surface area contributed by atoms with E-state index >= 15 is 0 Å². The number of carbonyl (C=O) groups is 1. The number of allylic oxidation sites excluding steroid dienone is 1. The lowest BCUT2D eigenvalue weighted by Crippen LogP contribution is -2.34. The second-order valence-electron chi connectivity index (χ2n) is 13.4. The maximum atomic E-state index is 14.1. The van der Waals surface area contributed by atoms with Gasteiger partial charge < -0.3 is 20.1 Å². The Morgan fingerprint density at radius 1 is 0.909 bits per heavy atom. The number of hydrogen-bond donors (Lipinski definition) is 1. The molecule has 2 aromatic rings. The normalized spacial score (nSPS) is 17.8. The van der Waals surface area contributed by atoms with Crippen LogP contribution in [0, 0.1) is 11.8 Å². The zero-order valence-corrected chi connectivity index (χ0v) is 32.1. The van der Waals surface area contributed by atoms with Gasteiger partial charge in [0, 0.05) is 49.7 Å². The number of carbonyl (C=O) groups excluding carboxylic acids is 1. The smallest absolute Gasteiger partial charge is 0.416 e. The lowest BCUT2D eigenvalue weighted by Gasteiger charge is -2.35. The number of aliphatic imine (C=N–C) groups is 1. The molecule has 1 fully saturated rings. The topological polar surface area (TPSA) is 80.4 Å². The van der Waals surface area contributed by atoms with Crippen molar-refractivity contribution in [1.82, 2.24) is 4.90 Å². The van der Waals surface area contributed by atoms with Crippen LogP contribution in [0.4, 0.5) is 45.2 Å². The molecule has 0 aromatic heterocycles. The molecule has 1 aliphatic carbocycles. The Labute approximate surface area is 320 Å². The number of anilines is 1. The minimum atomic E-state index is -5.11. The summed E-state index contributed by atoms with van der Waals surface area (Å²) in [5.41, 5.74) is 1.90. The summed E-state index contributed by atoms with van der Waals surface area (Å²) in [6.45, 7) is 5.73. The lowest BCUT2D eigenvalue weighted by atomic mass is 9.80. The van der Waals surface area contributed by atoms with Crippen LogP contribution in [0.15, 0.2) is 53.3 Å². The van der Waals surface area contributed by atoms with E-state index in [1.807, 2.05) is 18.1 Å².